The topological polar surface area (TPSA) is 85.4 Å². The van der Waals surface area contributed by atoms with Gasteiger partial charge in [0, 0.05) is 48.2 Å². The number of β-amino-alcohol motifs (C(OH)–C–C–N with tert-alkyl or cyclic N) is 1. The Labute approximate surface area is 152 Å². The number of rotatable bonds is 4. The molecule has 1 aliphatic heterocycles. The fraction of sp³-hybridized carbons (Fsp3) is 0.400. The number of aliphatic hydroxyl groups is 1. The molecule has 0 bridgehead atoms. The lowest BCUT2D eigenvalue weighted by Gasteiger charge is -2.36. The van der Waals surface area contributed by atoms with E-state index >= 15 is 0 Å². The van der Waals surface area contributed by atoms with Crippen LogP contribution in [0.5, 0.6) is 0 Å². The first-order chi connectivity index (χ1) is 12.5. The molecule has 2 aromatic rings. The number of hydrogen-bond acceptors (Lipinski definition) is 4. The molecule has 26 heavy (non-hydrogen) atoms. The van der Waals surface area contributed by atoms with Gasteiger partial charge in [-0.25, -0.2) is 0 Å². The van der Waals surface area contributed by atoms with Gasteiger partial charge in [-0.1, -0.05) is 18.2 Å². The largest absolute Gasteiger partial charge is 0.390 e. The van der Waals surface area contributed by atoms with Crippen molar-refractivity contribution in [2.75, 3.05) is 13.1 Å². The van der Waals surface area contributed by atoms with Gasteiger partial charge in [-0.05, 0) is 32.4 Å². The van der Waals surface area contributed by atoms with Crippen LogP contribution in [0.2, 0.25) is 0 Å². The Morgan fingerprint density at radius 2 is 2.04 bits per heavy atom. The summed E-state index contributed by atoms with van der Waals surface area (Å²) >= 11 is 0. The van der Waals surface area contributed by atoms with Gasteiger partial charge in [0.15, 0.2) is 5.43 Å². The van der Waals surface area contributed by atoms with Crippen LogP contribution in [0, 0.1) is 13.8 Å². The Kier molecular flexibility index (Phi) is 5.54. The number of nitrogens with one attached hydrogen (secondary N) is 2. The number of amides is 1. The standard InChI is InChI=1S/C20H25N3O3/c1-13-10-21-17(14(2)19(13)25)11-23-9-8-16(18(24)12-23)22-20(26)15-6-4-3-5-7-15/h3-7,10,16,18,24H,8-9,11-12H2,1-2H3,(H,21,25)(H,22,26)/t16-,18-/m1/s1. The van der Waals surface area contributed by atoms with Gasteiger partial charge in [0.2, 0.25) is 0 Å². The third kappa shape index (κ3) is 4.03. The van der Waals surface area contributed by atoms with E-state index in [1.165, 1.54) is 0 Å². The van der Waals surface area contributed by atoms with Crippen molar-refractivity contribution >= 4 is 5.91 Å². The van der Waals surface area contributed by atoms with E-state index in [0.717, 1.165) is 17.8 Å². The molecule has 1 fully saturated rings. The average molecular weight is 355 g/mol. The van der Waals surface area contributed by atoms with Crippen molar-refractivity contribution < 1.29 is 9.90 Å². The molecule has 3 rings (SSSR count). The van der Waals surface area contributed by atoms with Crippen LogP contribution in [-0.4, -0.2) is 46.1 Å². The van der Waals surface area contributed by atoms with Crippen molar-refractivity contribution in [1.82, 2.24) is 15.2 Å². The molecule has 0 radical (unpaired) electrons. The number of likely N-dealkylation sites (tertiary alicyclic amines) is 1. The minimum atomic E-state index is -0.645. The summed E-state index contributed by atoms with van der Waals surface area (Å²) in [5, 5.41) is 13.4. The second-order valence-electron chi connectivity index (χ2n) is 6.94. The average Bonchev–Trinajstić information content (AvgIpc) is 2.65. The van der Waals surface area contributed by atoms with Gasteiger partial charge in [0.05, 0.1) is 12.1 Å². The summed E-state index contributed by atoms with van der Waals surface area (Å²) in [6.07, 6.45) is 1.75. The SMILES string of the molecule is Cc1c[nH]c(CN2CC[C@@H](NC(=O)c3ccccc3)[C@H](O)C2)c(C)c1=O. The van der Waals surface area contributed by atoms with Gasteiger partial charge in [-0.3, -0.25) is 14.5 Å². The molecule has 1 aromatic carbocycles. The molecule has 1 saturated heterocycles. The fourth-order valence-electron chi connectivity index (χ4n) is 3.34. The number of aromatic nitrogens is 1. The molecule has 1 aliphatic rings. The molecule has 6 nitrogen and oxygen atoms in total. The Balaban J connectivity index is 1.59. The highest BCUT2D eigenvalue weighted by Gasteiger charge is 2.29. The predicted molar refractivity (Wildman–Crippen MR) is 100 cm³/mol. The van der Waals surface area contributed by atoms with Gasteiger partial charge in [0.1, 0.15) is 0 Å². The highest BCUT2D eigenvalue weighted by atomic mass is 16.3. The van der Waals surface area contributed by atoms with Gasteiger partial charge in [0.25, 0.3) is 5.91 Å². The monoisotopic (exact) mass is 355 g/mol. The smallest absolute Gasteiger partial charge is 0.251 e. The van der Waals surface area contributed by atoms with E-state index in [4.69, 9.17) is 0 Å². The first-order valence-corrected chi connectivity index (χ1v) is 8.90. The van der Waals surface area contributed by atoms with Crippen LogP contribution in [0.4, 0.5) is 0 Å². The van der Waals surface area contributed by atoms with Crippen molar-refractivity contribution in [3.05, 3.63) is 69.1 Å². The molecule has 0 spiro atoms. The van der Waals surface area contributed by atoms with Gasteiger partial charge < -0.3 is 15.4 Å². The number of aromatic amines is 1. The summed E-state index contributed by atoms with van der Waals surface area (Å²) in [7, 11) is 0. The maximum absolute atomic E-state index is 12.3. The molecule has 1 amide bonds. The maximum Gasteiger partial charge on any atom is 0.251 e. The van der Waals surface area contributed by atoms with Crippen molar-refractivity contribution in [3.8, 4) is 0 Å². The number of H-pyrrole nitrogens is 1. The molecule has 2 heterocycles. The van der Waals surface area contributed by atoms with E-state index in [1.807, 2.05) is 25.1 Å². The Bertz CT molecular complexity index is 832. The first-order valence-electron chi connectivity index (χ1n) is 8.90. The molecular formula is C20H25N3O3. The molecule has 6 heteroatoms. The molecule has 0 saturated carbocycles. The van der Waals surface area contributed by atoms with Crippen molar-refractivity contribution in [3.63, 3.8) is 0 Å². The molecular weight excluding hydrogens is 330 g/mol. The third-order valence-electron chi connectivity index (χ3n) is 5.01. The number of pyridine rings is 1. The number of aliphatic hydroxyl groups excluding tert-OH is 1. The van der Waals surface area contributed by atoms with Crippen molar-refractivity contribution in [1.29, 1.82) is 0 Å². The highest BCUT2D eigenvalue weighted by Crippen LogP contribution is 2.15. The lowest BCUT2D eigenvalue weighted by molar-refractivity contribution is 0.0344. The molecule has 3 N–H and O–H groups in total. The number of carbonyl (C=O) groups is 1. The third-order valence-corrected chi connectivity index (χ3v) is 5.01. The molecule has 138 valence electrons. The first kappa shape index (κ1) is 18.4. The zero-order valence-electron chi connectivity index (χ0n) is 15.2. The number of carbonyl (C=O) groups excluding carboxylic acids is 1. The number of hydrogen-bond donors (Lipinski definition) is 3. The Morgan fingerprint density at radius 1 is 1.31 bits per heavy atom. The molecule has 1 aromatic heterocycles. The van der Waals surface area contributed by atoms with Gasteiger partial charge in [-0.15, -0.1) is 0 Å². The number of aryl methyl sites for hydroxylation is 1. The minimum absolute atomic E-state index is 0.0595. The van der Waals surface area contributed by atoms with E-state index in [0.29, 0.717) is 30.6 Å². The number of nitrogens with zero attached hydrogens (tertiary/aromatic N) is 1. The normalized spacial score (nSPS) is 20.7. The summed E-state index contributed by atoms with van der Waals surface area (Å²) in [5.74, 6) is -0.165. The summed E-state index contributed by atoms with van der Waals surface area (Å²) < 4.78 is 0. The molecule has 0 unspecified atom stereocenters. The summed E-state index contributed by atoms with van der Waals surface area (Å²) in [4.78, 5) is 29.6. The Hall–Kier alpha value is -2.44. The zero-order chi connectivity index (χ0) is 18.7. The van der Waals surface area contributed by atoms with Crippen LogP contribution in [-0.2, 0) is 6.54 Å². The van der Waals surface area contributed by atoms with E-state index in [-0.39, 0.29) is 17.4 Å². The van der Waals surface area contributed by atoms with Crippen LogP contribution in [0.15, 0.2) is 41.3 Å². The van der Waals surface area contributed by atoms with E-state index in [1.54, 1.807) is 25.3 Å². The summed E-state index contributed by atoms with van der Waals surface area (Å²) in [6, 6.07) is 8.75. The van der Waals surface area contributed by atoms with E-state index in [9.17, 15) is 14.7 Å². The van der Waals surface area contributed by atoms with Crippen molar-refractivity contribution in [2.24, 2.45) is 0 Å². The van der Waals surface area contributed by atoms with E-state index in [2.05, 4.69) is 15.2 Å². The maximum atomic E-state index is 12.3. The molecule has 0 aliphatic carbocycles. The van der Waals surface area contributed by atoms with Gasteiger partial charge in [-0.2, -0.15) is 0 Å². The molecule has 2 atom stereocenters. The minimum Gasteiger partial charge on any atom is -0.390 e. The number of benzene rings is 1. The summed E-state index contributed by atoms with van der Waals surface area (Å²) in [5.41, 5.74) is 2.95. The zero-order valence-corrected chi connectivity index (χ0v) is 15.2. The lowest BCUT2D eigenvalue weighted by atomic mass is 10.0. The van der Waals surface area contributed by atoms with Crippen LogP contribution >= 0.6 is 0 Å². The highest BCUT2D eigenvalue weighted by molar-refractivity contribution is 5.94. The van der Waals surface area contributed by atoms with E-state index < -0.39 is 6.10 Å². The van der Waals surface area contributed by atoms with Gasteiger partial charge >= 0.3 is 0 Å². The quantitative estimate of drug-likeness (QED) is 0.773. The second-order valence-corrected chi connectivity index (χ2v) is 6.94. The van der Waals surface area contributed by atoms with Crippen molar-refractivity contribution in [2.45, 2.75) is 39.0 Å². The van der Waals surface area contributed by atoms with Crippen LogP contribution < -0.4 is 10.7 Å². The Morgan fingerprint density at radius 3 is 2.73 bits per heavy atom. The second kappa shape index (κ2) is 7.85. The van der Waals surface area contributed by atoms with Crippen LogP contribution in [0.1, 0.15) is 33.6 Å². The fourth-order valence-corrected chi connectivity index (χ4v) is 3.34. The lowest BCUT2D eigenvalue weighted by Crippen LogP contribution is -2.53. The number of piperidine rings is 1. The predicted octanol–water partition coefficient (Wildman–Crippen LogP) is 1.36. The van der Waals surface area contributed by atoms with Crippen LogP contribution in [0.3, 0.4) is 0 Å². The summed E-state index contributed by atoms with van der Waals surface area (Å²) in [6.45, 7) is 5.39. The van der Waals surface area contributed by atoms with Crippen LogP contribution in [0.25, 0.3) is 0 Å².